The standard InChI is InChI=1S/C17H28N4O4S2/c1-17(2,3)18-14(22)12-20-7-9-21(10-8-20)15(23)13-19(4)27(24,25)16-6-5-11-26-16/h5-6,11H,7-10,12-13H2,1-4H3,(H,18,22). The van der Waals surface area contributed by atoms with E-state index in [2.05, 4.69) is 5.32 Å². The summed E-state index contributed by atoms with van der Waals surface area (Å²) in [4.78, 5) is 28.1. The van der Waals surface area contributed by atoms with E-state index >= 15 is 0 Å². The number of hydrogen-bond acceptors (Lipinski definition) is 6. The average molecular weight is 417 g/mol. The van der Waals surface area contributed by atoms with E-state index in [9.17, 15) is 18.0 Å². The number of hydrogen-bond donors (Lipinski definition) is 1. The molecule has 10 heteroatoms. The molecule has 27 heavy (non-hydrogen) atoms. The van der Waals surface area contributed by atoms with Crippen LogP contribution in [0.2, 0.25) is 0 Å². The number of sulfonamides is 1. The van der Waals surface area contributed by atoms with Gasteiger partial charge < -0.3 is 10.2 Å². The number of carbonyl (C=O) groups is 2. The van der Waals surface area contributed by atoms with Crippen molar-refractivity contribution in [2.75, 3.05) is 46.3 Å². The number of nitrogens with one attached hydrogen (secondary N) is 1. The van der Waals surface area contributed by atoms with Crippen LogP contribution in [0, 0.1) is 0 Å². The maximum atomic E-state index is 12.5. The normalized spacial score (nSPS) is 16.6. The molecule has 0 unspecified atom stereocenters. The van der Waals surface area contributed by atoms with Crippen molar-refractivity contribution in [3.63, 3.8) is 0 Å². The van der Waals surface area contributed by atoms with Crippen molar-refractivity contribution in [2.45, 2.75) is 30.5 Å². The summed E-state index contributed by atoms with van der Waals surface area (Å²) in [5.41, 5.74) is -0.270. The SMILES string of the molecule is CN(CC(=O)N1CCN(CC(=O)NC(C)(C)C)CC1)S(=O)(=O)c1cccs1. The van der Waals surface area contributed by atoms with Gasteiger partial charge in [-0.05, 0) is 32.2 Å². The van der Waals surface area contributed by atoms with Gasteiger partial charge in [-0.3, -0.25) is 14.5 Å². The molecule has 0 aliphatic carbocycles. The van der Waals surface area contributed by atoms with Crippen molar-refractivity contribution in [1.82, 2.24) is 19.4 Å². The van der Waals surface area contributed by atoms with Gasteiger partial charge in [0.25, 0.3) is 10.0 Å². The quantitative estimate of drug-likeness (QED) is 0.726. The van der Waals surface area contributed by atoms with Crippen molar-refractivity contribution in [1.29, 1.82) is 0 Å². The molecular formula is C17H28N4O4S2. The maximum absolute atomic E-state index is 12.5. The van der Waals surface area contributed by atoms with E-state index in [4.69, 9.17) is 0 Å². The van der Waals surface area contributed by atoms with E-state index in [0.29, 0.717) is 32.7 Å². The molecule has 0 saturated carbocycles. The molecule has 1 N–H and O–H groups in total. The van der Waals surface area contributed by atoms with Gasteiger partial charge in [0.05, 0.1) is 13.1 Å². The topological polar surface area (TPSA) is 90.0 Å². The molecule has 152 valence electrons. The minimum atomic E-state index is -3.63. The molecule has 1 aliphatic rings. The number of amides is 2. The number of thiophene rings is 1. The van der Waals surface area contributed by atoms with Crippen LogP contribution < -0.4 is 5.32 Å². The first-order chi connectivity index (χ1) is 12.5. The zero-order chi connectivity index (χ0) is 20.2. The van der Waals surface area contributed by atoms with E-state index in [1.807, 2.05) is 25.7 Å². The average Bonchev–Trinajstić information content (AvgIpc) is 3.08. The Balaban J connectivity index is 1.82. The molecule has 2 heterocycles. The largest absolute Gasteiger partial charge is 0.350 e. The van der Waals surface area contributed by atoms with Gasteiger partial charge in [0, 0.05) is 38.8 Å². The van der Waals surface area contributed by atoms with E-state index in [0.717, 1.165) is 15.6 Å². The number of nitrogens with zero attached hydrogens (tertiary/aromatic N) is 3. The molecule has 0 atom stereocenters. The van der Waals surface area contributed by atoms with Crippen LogP contribution >= 0.6 is 11.3 Å². The molecule has 0 bridgehead atoms. The van der Waals surface area contributed by atoms with E-state index < -0.39 is 10.0 Å². The summed E-state index contributed by atoms with van der Waals surface area (Å²) in [6.45, 7) is 8.04. The summed E-state index contributed by atoms with van der Waals surface area (Å²) in [5.74, 6) is -0.263. The minimum Gasteiger partial charge on any atom is -0.350 e. The summed E-state index contributed by atoms with van der Waals surface area (Å²) in [6, 6.07) is 3.20. The van der Waals surface area contributed by atoms with E-state index in [-0.39, 0.29) is 28.1 Å². The highest BCUT2D eigenvalue weighted by molar-refractivity contribution is 7.91. The molecule has 1 fully saturated rings. The van der Waals surface area contributed by atoms with Gasteiger partial charge in [-0.25, -0.2) is 8.42 Å². The molecule has 2 rings (SSSR count). The first-order valence-electron chi connectivity index (χ1n) is 8.80. The number of piperazine rings is 1. The maximum Gasteiger partial charge on any atom is 0.252 e. The van der Waals surface area contributed by atoms with Crippen molar-refractivity contribution in [3.05, 3.63) is 17.5 Å². The van der Waals surface area contributed by atoms with Gasteiger partial charge in [0.15, 0.2) is 0 Å². The third kappa shape index (κ3) is 6.27. The second-order valence-corrected chi connectivity index (χ2v) is 10.9. The zero-order valence-electron chi connectivity index (χ0n) is 16.3. The molecular weight excluding hydrogens is 388 g/mol. The zero-order valence-corrected chi connectivity index (χ0v) is 17.9. The third-order valence-electron chi connectivity index (χ3n) is 4.12. The van der Waals surface area contributed by atoms with E-state index in [1.165, 1.54) is 13.1 Å². The van der Waals surface area contributed by atoms with E-state index in [1.54, 1.807) is 16.3 Å². The van der Waals surface area contributed by atoms with Crippen LogP contribution in [0.5, 0.6) is 0 Å². The van der Waals surface area contributed by atoms with Gasteiger partial charge in [0.2, 0.25) is 11.8 Å². The monoisotopic (exact) mass is 416 g/mol. The Morgan fingerprint density at radius 2 is 1.85 bits per heavy atom. The second kappa shape index (κ2) is 8.68. The Morgan fingerprint density at radius 3 is 2.37 bits per heavy atom. The third-order valence-corrected chi connectivity index (χ3v) is 7.30. The summed E-state index contributed by atoms with van der Waals surface area (Å²) in [5, 5.41) is 4.61. The van der Waals surface area contributed by atoms with Crippen LogP contribution in [0.4, 0.5) is 0 Å². The number of rotatable bonds is 6. The number of likely N-dealkylation sites (N-methyl/N-ethyl adjacent to an activating group) is 1. The van der Waals surface area contributed by atoms with Crippen molar-refractivity contribution in [2.24, 2.45) is 0 Å². The van der Waals surface area contributed by atoms with Gasteiger partial charge in [-0.2, -0.15) is 4.31 Å². The van der Waals surface area contributed by atoms with Gasteiger partial charge >= 0.3 is 0 Å². The highest BCUT2D eigenvalue weighted by Gasteiger charge is 2.28. The van der Waals surface area contributed by atoms with Crippen LogP contribution in [-0.2, 0) is 19.6 Å². The minimum absolute atomic E-state index is 0.0379. The molecule has 0 spiro atoms. The fraction of sp³-hybridized carbons (Fsp3) is 0.647. The van der Waals surface area contributed by atoms with Crippen LogP contribution in [0.15, 0.2) is 21.7 Å². The summed E-state index contributed by atoms with van der Waals surface area (Å²) >= 11 is 1.13. The molecule has 2 amide bonds. The smallest absolute Gasteiger partial charge is 0.252 e. The second-order valence-electron chi connectivity index (χ2n) is 7.65. The molecule has 0 aromatic carbocycles. The Hall–Kier alpha value is -1.49. The van der Waals surface area contributed by atoms with Gasteiger partial charge in [-0.15, -0.1) is 11.3 Å². The molecule has 1 aromatic heterocycles. The summed E-state index contributed by atoms with van der Waals surface area (Å²) in [7, 11) is -2.22. The highest BCUT2D eigenvalue weighted by Crippen LogP contribution is 2.19. The Bertz CT molecular complexity index is 748. The predicted octanol–water partition coefficient (Wildman–Crippen LogP) is 0.428. The Kier molecular flexibility index (Phi) is 7.01. The highest BCUT2D eigenvalue weighted by atomic mass is 32.2. The molecule has 8 nitrogen and oxygen atoms in total. The Labute approximate surface area is 165 Å². The molecule has 1 saturated heterocycles. The lowest BCUT2D eigenvalue weighted by Crippen LogP contribution is -2.54. The first-order valence-corrected chi connectivity index (χ1v) is 11.1. The number of carbonyl (C=O) groups excluding carboxylic acids is 2. The molecule has 1 aliphatic heterocycles. The Morgan fingerprint density at radius 1 is 1.22 bits per heavy atom. The van der Waals surface area contributed by atoms with Gasteiger partial charge in [0.1, 0.15) is 4.21 Å². The summed E-state index contributed by atoms with van der Waals surface area (Å²) < 4.78 is 26.1. The molecule has 1 aromatic rings. The van der Waals surface area contributed by atoms with Crippen molar-refractivity contribution >= 4 is 33.2 Å². The first kappa shape index (κ1) is 21.8. The summed E-state index contributed by atoms with van der Waals surface area (Å²) in [6.07, 6.45) is 0. The van der Waals surface area contributed by atoms with Crippen LogP contribution in [0.25, 0.3) is 0 Å². The van der Waals surface area contributed by atoms with Crippen LogP contribution in [-0.4, -0.2) is 86.2 Å². The van der Waals surface area contributed by atoms with Crippen LogP contribution in [0.3, 0.4) is 0 Å². The van der Waals surface area contributed by atoms with Gasteiger partial charge in [-0.1, -0.05) is 6.07 Å². The van der Waals surface area contributed by atoms with Crippen LogP contribution in [0.1, 0.15) is 20.8 Å². The lowest BCUT2D eigenvalue weighted by atomic mass is 10.1. The lowest BCUT2D eigenvalue weighted by molar-refractivity contribution is -0.133. The predicted molar refractivity (Wildman–Crippen MR) is 105 cm³/mol. The van der Waals surface area contributed by atoms with Crippen molar-refractivity contribution in [3.8, 4) is 0 Å². The fourth-order valence-electron chi connectivity index (χ4n) is 2.76. The lowest BCUT2D eigenvalue weighted by Gasteiger charge is -2.35. The van der Waals surface area contributed by atoms with Crippen molar-refractivity contribution < 1.29 is 18.0 Å². The fourth-order valence-corrected chi connectivity index (χ4v) is 5.08. The molecule has 0 radical (unpaired) electrons.